The first-order valence-electron chi connectivity index (χ1n) is 6.02. The van der Waals surface area contributed by atoms with Crippen LogP contribution in [0.15, 0.2) is 4.99 Å². The summed E-state index contributed by atoms with van der Waals surface area (Å²) in [6, 6.07) is 0. The van der Waals surface area contributed by atoms with Gasteiger partial charge in [-0.25, -0.2) is 0 Å². The Kier molecular flexibility index (Phi) is 33.3. The fourth-order valence-corrected chi connectivity index (χ4v) is 0. The molecule has 4 heteroatoms. The minimum absolute atomic E-state index is 0.380. The second kappa shape index (κ2) is 22.4. The van der Waals surface area contributed by atoms with E-state index in [9.17, 15) is 0 Å². The van der Waals surface area contributed by atoms with Crippen LogP contribution in [0.2, 0.25) is 0 Å². The monoisotopic (exact) mass is 294 g/mol. The van der Waals surface area contributed by atoms with Crippen LogP contribution in [0.5, 0.6) is 0 Å². The quantitative estimate of drug-likeness (QED) is 0.477. The standard InChI is InChI=1S/C4H9N.C4H9P.C3H9N.C3H9P/c2*1-4(2)5-3;2*1-4(2)3/h2*1-3H3;2*1-3H3. The van der Waals surface area contributed by atoms with Crippen molar-refractivity contribution in [2.45, 2.75) is 27.7 Å². The molecule has 0 aliphatic rings. The Morgan fingerprint density at radius 3 is 1.06 bits per heavy atom. The molecule has 0 aromatic heterocycles. The lowest BCUT2D eigenvalue weighted by Gasteiger charge is -1.90. The molecule has 0 spiro atoms. The Labute approximate surface area is 120 Å². The average molecular weight is 294 g/mol. The van der Waals surface area contributed by atoms with Gasteiger partial charge in [0.1, 0.15) is 0 Å². The summed E-state index contributed by atoms with van der Waals surface area (Å²) in [4.78, 5) is 5.81. The molecule has 0 radical (unpaired) electrons. The Balaban J connectivity index is -0.0000000731. The van der Waals surface area contributed by atoms with E-state index in [0.29, 0.717) is 7.92 Å². The predicted octanol–water partition coefficient (Wildman–Crippen LogP) is 4.41. The van der Waals surface area contributed by atoms with Crippen molar-refractivity contribution >= 4 is 27.1 Å². The molecule has 0 aliphatic heterocycles. The second-order valence-corrected chi connectivity index (χ2v) is 9.05. The number of hydrogen-bond acceptors (Lipinski definition) is 2. The highest BCUT2D eigenvalue weighted by Crippen LogP contribution is 2.14. The van der Waals surface area contributed by atoms with Gasteiger partial charge in [0.2, 0.25) is 0 Å². The van der Waals surface area contributed by atoms with E-state index in [4.69, 9.17) is 0 Å². The maximum atomic E-state index is 3.81. The topological polar surface area (TPSA) is 15.6 Å². The van der Waals surface area contributed by atoms with Crippen molar-refractivity contribution in [1.82, 2.24) is 4.90 Å². The van der Waals surface area contributed by atoms with Crippen molar-refractivity contribution in [3.8, 4) is 0 Å². The summed E-state index contributed by atoms with van der Waals surface area (Å²) in [6.07, 6.45) is 0. The lowest BCUT2D eigenvalue weighted by Crippen LogP contribution is -1.99. The van der Waals surface area contributed by atoms with Crippen molar-refractivity contribution < 1.29 is 0 Å². The minimum Gasteiger partial charge on any atom is -0.312 e. The molecule has 0 bridgehead atoms. The van der Waals surface area contributed by atoms with Gasteiger partial charge in [-0.15, -0.1) is 16.1 Å². The van der Waals surface area contributed by atoms with Crippen molar-refractivity contribution in [3.05, 3.63) is 0 Å². The molecular weight excluding hydrogens is 258 g/mol. The van der Waals surface area contributed by atoms with Crippen LogP contribution in [0.1, 0.15) is 27.7 Å². The van der Waals surface area contributed by atoms with E-state index in [0.717, 1.165) is 5.71 Å². The van der Waals surface area contributed by atoms with Crippen LogP contribution >= 0.6 is 16.1 Å². The molecule has 0 saturated carbocycles. The first-order valence-corrected chi connectivity index (χ1v) is 10.0. The third-order valence-corrected chi connectivity index (χ3v) is 1.79. The molecule has 0 atom stereocenters. The average Bonchev–Trinajstić information content (AvgIpc) is 2.16. The first-order chi connectivity index (χ1) is 8.00. The summed E-state index contributed by atoms with van der Waals surface area (Å²) in [5, 5.41) is 1.48. The Hall–Kier alpha value is 0.230. The lowest BCUT2D eigenvalue weighted by molar-refractivity contribution is 0.505. The number of nitrogens with zero attached hydrogens (tertiary/aromatic N) is 2. The molecule has 0 N–H and O–H groups in total. The van der Waals surface area contributed by atoms with E-state index >= 15 is 0 Å². The summed E-state index contributed by atoms with van der Waals surface area (Å²) in [5.41, 5.74) is 1.13. The molecule has 0 amide bonds. The summed E-state index contributed by atoms with van der Waals surface area (Å²) < 4.78 is 0. The molecule has 112 valence electrons. The number of rotatable bonds is 0. The van der Waals surface area contributed by atoms with Crippen LogP contribution in [0.3, 0.4) is 0 Å². The maximum absolute atomic E-state index is 3.81. The third-order valence-electron chi connectivity index (χ3n) is 0.894. The van der Waals surface area contributed by atoms with Crippen molar-refractivity contribution in [2.75, 3.05) is 54.8 Å². The molecule has 18 heavy (non-hydrogen) atoms. The van der Waals surface area contributed by atoms with E-state index in [-0.39, 0.29) is 0 Å². The van der Waals surface area contributed by atoms with E-state index in [1.807, 2.05) is 39.9 Å². The predicted molar refractivity (Wildman–Crippen MR) is 98.2 cm³/mol. The minimum atomic E-state index is 0.380. The molecule has 0 aromatic carbocycles. The fourth-order valence-electron chi connectivity index (χ4n) is 0. The van der Waals surface area contributed by atoms with Gasteiger partial charge < -0.3 is 4.90 Å². The van der Waals surface area contributed by atoms with Crippen LogP contribution in [0.25, 0.3) is 0 Å². The van der Waals surface area contributed by atoms with E-state index in [1.54, 1.807) is 7.05 Å². The van der Waals surface area contributed by atoms with E-state index in [1.165, 1.54) is 13.5 Å². The molecule has 0 aromatic rings. The van der Waals surface area contributed by atoms with Gasteiger partial charge in [-0.1, -0.05) is 5.29 Å². The molecule has 0 saturated heterocycles. The number of hydrogen-bond donors (Lipinski definition) is 0. The van der Waals surface area contributed by atoms with Crippen molar-refractivity contribution in [3.63, 3.8) is 0 Å². The largest absolute Gasteiger partial charge is 0.312 e. The fraction of sp³-hybridized carbons (Fsp3) is 0.857. The van der Waals surface area contributed by atoms with Crippen LogP contribution in [0.4, 0.5) is 0 Å². The lowest BCUT2D eigenvalue weighted by atomic mass is 10.5. The zero-order valence-corrected chi connectivity index (χ0v) is 16.6. The summed E-state index contributed by atoms with van der Waals surface area (Å²) in [6.45, 7) is 17.0. The van der Waals surface area contributed by atoms with Crippen molar-refractivity contribution in [1.29, 1.82) is 0 Å². The highest BCUT2D eigenvalue weighted by molar-refractivity contribution is 7.55. The van der Waals surface area contributed by atoms with Gasteiger partial charge in [0.15, 0.2) is 0 Å². The molecule has 0 unspecified atom stereocenters. The van der Waals surface area contributed by atoms with Crippen LogP contribution in [-0.2, 0) is 0 Å². The molecule has 0 rings (SSSR count). The van der Waals surface area contributed by atoms with Crippen LogP contribution in [-0.4, -0.2) is 70.8 Å². The van der Waals surface area contributed by atoms with Gasteiger partial charge in [0.05, 0.1) is 0 Å². The zero-order valence-electron chi connectivity index (χ0n) is 14.8. The maximum Gasteiger partial charge on any atom is 0.0276 e. The van der Waals surface area contributed by atoms with Gasteiger partial charge in [0.25, 0.3) is 0 Å². The van der Waals surface area contributed by atoms with Gasteiger partial charge in [-0.05, 0) is 75.5 Å². The summed E-state index contributed by atoms with van der Waals surface area (Å²) in [5.74, 6) is 0. The van der Waals surface area contributed by atoms with E-state index < -0.39 is 0 Å². The van der Waals surface area contributed by atoms with Gasteiger partial charge >= 0.3 is 0 Å². The SMILES string of the molecule is CN(C)C.CN=C(C)C.CP(C)C.CP=C(C)C. The van der Waals surface area contributed by atoms with Gasteiger partial charge in [-0.2, -0.15) is 0 Å². The molecule has 0 fully saturated rings. The summed E-state index contributed by atoms with van der Waals surface area (Å²) in [7, 11) is 9.58. The highest BCUT2D eigenvalue weighted by atomic mass is 31.1. The van der Waals surface area contributed by atoms with Crippen LogP contribution in [0, 0.1) is 0 Å². The molecule has 2 nitrogen and oxygen atoms in total. The first kappa shape index (κ1) is 26.7. The van der Waals surface area contributed by atoms with E-state index in [2.05, 4.69) is 45.5 Å². The zero-order chi connectivity index (χ0) is 15.7. The van der Waals surface area contributed by atoms with Crippen LogP contribution < -0.4 is 0 Å². The molecule has 0 heterocycles. The number of aliphatic imine (C=N–C) groups is 1. The third kappa shape index (κ3) is 210. The van der Waals surface area contributed by atoms with Gasteiger partial charge in [0, 0.05) is 12.8 Å². The van der Waals surface area contributed by atoms with Gasteiger partial charge in [-0.3, -0.25) is 4.99 Å². The molecule has 0 aliphatic carbocycles. The molecular formula is C14H36N2P2. The second-order valence-electron chi connectivity index (χ2n) is 5.02. The Morgan fingerprint density at radius 2 is 1.06 bits per heavy atom. The normalized spacial score (nSPS) is 8.33. The smallest absolute Gasteiger partial charge is 0.0276 e. The Bertz CT molecular complexity index is 162. The Morgan fingerprint density at radius 1 is 0.944 bits per heavy atom. The summed E-state index contributed by atoms with van der Waals surface area (Å²) >= 11 is 0. The highest BCUT2D eigenvalue weighted by Gasteiger charge is 1.65. The van der Waals surface area contributed by atoms with Crippen molar-refractivity contribution in [2.24, 2.45) is 4.99 Å².